The highest BCUT2D eigenvalue weighted by Gasteiger charge is 2.59. The summed E-state index contributed by atoms with van der Waals surface area (Å²) in [5.74, 6) is 1.46. The molecule has 0 amide bonds. The van der Waals surface area contributed by atoms with E-state index in [9.17, 15) is 9.90 Å². The minimum Gasteiger partial charge on any atom is -0.493 e. The lowest BCUT2D eigenvalue weighted by molar-refractivity contribution is -0.139. The van der Waals surface area contributed by atoms with E-state index in [4.69, 9.17) is 4.74 Å². The molecular weight excluding hydrogens is 403 g/mol. The number of ether oxygens (including phenoxy) is 1. The molecule has 1 aromatic rings. The molecule has 4 heteroatoms. The Kier molecular flexibility index (Phi) is 5.62. The van der Waals surface area contributed by atoms with Crippen LogP contribution in [0.3, 0.4) is 0 Å². The van der Waals surface area contributed by atoms with Crippen molar-refractivity contribution in [2.45, 2.75) is 44.6 Å². The molecule has 0 bridgehead atoms. The highest BCUT2D eigenvalue weighted by atomic mass is 127. The summed E-state index contributed by atoms with van der Waals surface area (Å²) in [5.41, 5.74) is -0.350. The van der Waals surface area contributed by atoms with Crippen molar-refractivity contribution in [2.75, 3.05) is 11.0 Å². The number of aliphatic hydroxyl groups is 1. The van der Waals surface area contributed by atoms with Crippen LogP contribution in [0.15, 0.2) is 30.3 Å². The summed E-state index contributed by atoms with van der Waals surface area (Å²) in [5, 5.41) is 10.6. The van der Waals surface area contributed by atoms with Gasteiger partial charge in [-0.05, 0) is 54.6 Å². The van der Waals surface area contributed by atoms with Crippen molar-refractivity contribution >= 4 is 28.4 Å². The quantitative estimate of drug-likeness (QED) is 0.550. The molecule has 1 aromatic carbocycles. The third-order valence-electron chi connectivity index (χ3n) is 5.75. The summed E-state index contributed by atoms with van der Waals surface area (Å²) in [6.07, 6.45) is 5.01. The van der Waals surface area contributed by atoms with Gasteiger partial charge in [-0.3, -0.25) is 4.79 Å². The number of carbonyl (C=O) groups is 1. The fraction of sp³-hybridized carbons (Fsp3) is 0.632. The molecule has 0 aromatic heterocycles. The van der Waals surface area contributed by atoms with Crippen LogP contribution < -0.4 is 4.74 Å². The van der Waals surface area contributed by atoms with Crippen LogP contribution in [0.1, 0.15) is 38.5 Å². The van der Waals surface area contributed by atoms with Crippen LogP contribution in [0, 0.1) is 17.3 Å². The van der Waals surface area contributed by atoms with Crippen molar-refractivity contribution < 1.29 is 14.6 Å². The fourth-order valence-corrected chi connectivity index (χ4v) is 5.10. The fourth-order valence-electron chi connectivity index (χ4n) is 4.71. The van der Waals surface area contributed by atoms with E-state index in [-0.39, 0.29) is 11.3 Å². The number of para-hydroxylation sites is 1. The lowest BCUT2D eigenvalue weighted by Crippen LogP contribution is -2.46. The lowest BCUT2D eigenvalue weighted by Gasteiger charge is -2.42. The first kappa shape index (κ1) is 17.2. The number of carbonyl (C=O) groups excluding carboxylic acids is 1. The van der Waals surface area contributed by atoms with Gasteiger partial charge in [0.05, 0.1) is 12.7 Å². The van der Waals surface area contributed by atoms with Crippen molar-refractivity contribution in [2.24, 2.45) is 17.3 Å². The number of aliphatic hydroxyl groups excluding tert-OH is 1. The Bertz CT molecular complexity index is 533. The summed E-state index contributed by atoms with van der Waals surface area (Å²) < 4.78 is 7.01. The Balaban J connectivity index is 1.81. The number of fused-ring (bicyclic) bond motifs is 1. The monoisotopic (exact) mass is 428 g/mol. The normalized spacial score (nSPS) is 33.5. The maximum atomic E-state index is 12.9. The SMILES string of the molecule is O=C1CCC[C@H]2C[C@H](O)[C@H](COc3ccccc3)[C@@]12CCCI. The predicted molar refractivity (Wildman–Crippen MR) is 99.0 cm³/mol. The van der Waals surface area contributed by atoms with Crippen LogP contribution in [0.25, 0.3) is 0 Å². The highest BCUT2D eigenvalue weighted by Crippen LogP contribution is 2.56. The third-order valence-corrected chi connectivity index (χ3v) is 6.52. The first-order valence-corrected chi connectivity index (χ1v) is 10.2. The van der Waals surface area contributed by atoms with Crippen molar-refractivity contribution in [3.8, 4) is 5.75 Å². The minimum atomic E-state index is -0.417. The van der Waals surface area contributed by atoms with Gasteiger partial charge in [0.25, 0.3) is 0 Å². The van der Waals surface area contributed by atoms with Gasteiger partial charge in [-0.15, -0.1) is 0 Å². The minimum absolute atomic E-state index is 0.0662. The second-order valence-electron chi connectivity index (χ2n) is 6.88. The van der Waals surface area contributed by atoms with Gasteiger partial charge >= 0.3 is 0 Å². The summed E-state index contributed by atoms with van der Waals surface area (Å²) in [7, 11) is 0. The number of Topliss-reactive ketones (excluding diaryl/α,β-unsaturated/α-hetero) is 1. The molecule has 0 saturated heterocycles. The number of ketones is 1. The smallest absolute Gasteiger partial charge is 0.139 e. The van der Waals surface area contributed by atoms with Crippen LogP contribution >= 0.6 is 22.6 Å². The second kappa shape index (κ2) is 7.51. The Labute approximate surface area is 151 Å². The first-order chi connectivity index (χ1) is 11.2. The molecule has 0 radical (unpaired) electrons. The summed E-state index contributed by atoms with van der Waals surface area (Å²) >= 11 is 2.38. The molecule has 2 saturated carbocycles. The molecule has 0 unspecified atom stereocenters. The zero-order valence-electron chi connectivity index (χ0n) is 13.4. The Morgan fingerprint density at radius 2 is 2.09 bits per heavy atom. The molecule has 0 spiro atoms. The van der Waals surface area contributed by atoms with Crippen LogP contribution in [0.2, 0.25) is 0 Å². The van der Waals surface area contributed by atoms with Crippen LogP contribution in [0.4, 0.5) is 0 Å². The van der Waals surface area contributed by atoms with Gasteiger partial charge in [0.1, 0.15) is 11.5 Å². The molecule has 3 rings (SSSR count). The molecule has 1 N–H and O–H groups in total. The summed E-state index contributed by atoms with van der Waals surface area (Å²) in [4.78, 5) is 12.9. The molecule has 2 aliphatic carbocycles. The lowest BCUT2D eigenvalue weighted by atomic mass is 9.61. The molecule has 2 aliphatic rings. The third kappa shape index (κ3) is 3.29. The van der Waals surface area contributed by atoms with Crippen molar-refractivity contribution in [1.82, 2.24) is 0 Å². The Morgan fingerprint density at radius 1 is 1.30 bits per heavy atom. The van der Waals surface area contributed by atoms with E-state index in [1.807, 2.05) is 30.3 Å². The summed E-state index contributed by atoms with van der Waals surface area (Å²) in [6.45, 7) is 0.439. The average molecular weight is 428 g/mol. The Hall–Kier alpha value is -0.620. The molecule has 3 nitrogen and oxygen atoms in total. The van der Waals surface area contributed by atoms with Gasteiger partial charge in [0.2, 0.25) is 0 Å². The van der Waals surface area contributed by atoms with Crippen molar-refractivity contribution in [3.63, 3.8) is 0 Å². The molecule has 4 atom stereocenters. The number of benzene rings is 1. The van der Waals surface area contributed by atoms with Gasteiger partial charge < -0.3 is 9.84 Å². The van der Waals surface area contributed by atoms with Crippen LogP contribution in [0.5, 0.6) is 5.75 Å². The number of hydrogen-bond acceptors (Lipinski definition) is 3. The molecule has 0 aliphatic heterocycles. The second-order valence-corrected chi connectivity index (χ2v) is 7.96. The number of halogens is 1. The van der Waals surface area contributed by atoms with Gasteiger partial charge in [0, 0.05) is 17.8 Å². The molecular formula is C19H25IO3. The van der Waals surface area contributed by atoms with Crippen molar-refractivity contribution in [3.05, 3.63) is 30.3 Å². The predicted octanol–water partition coefficient (Wildman–Crippen LogP) is 4.02. The van der Waals surface area contributed by atoms with E-state index in [0.29, 0.717) is 24.7 Å². The van der Waals surface area contributed by atoms with E-state index in [1.54, 1.807) is 0 Å². The number of rotatable bonds is 6. The van der Waals surface area contributed by atoms with E-state index < -0.39 is 6.10 Å². The maximum Gasteiger partial charge on any atom is 0.139 e. The van der Waals surface area contributed by atoms with Gasteiger partial charge in [0.15, 0.2) is 0 Å². The topological polar surface area (TPSA) is 46.5 Å². The number of hydrogen-bond donors (Lipinski definition) is 1. The van der Waals surface area contributed by atoms with E-state index in [2.05, 4.69) is 22.6 Å². The van der Waals surface area contributed by atoms with Crippen LogP contribution in [-0.2, 0) is 4.79 Å². The first-order valence-electron chi connectivity index (χ1n) is 8.63. The van der Waals surface area contributed by atoms with E-state index in [1.165, 1.54) is 0 Å². The summed E-state index contributed by atoms with van der Waals surface area (Å²) in [6, 6.07) is 9.71. The zero-order valence-corrected chi connectivity index (χ0v) is 15.6. The van der Waals surface area contributed by atoms with E-state index >= 15 is 0 Å². The Morgan fingerprint density at radius 3 is 2.83 bits per heavy atom. The van der Waals surface area contributed by atoms with Crippen molar-refractivity contribution in [1.29, 1.82) is 0 Å². The molecule has 23 heavy (non-hydrogen) atoms. The molecule has 126 valence electrons. The molecule has 0 heterocycles. The van der Waals surface area contributed by atoms with Gasteiger partial charge in [-0.1, -0.05) is 40.8 Å². The molecule has 2 fully saturated rings. The average Bonchev–Trinajstić information content (AvgIpc) is 2.85. The maximum absolute atomic E-state index is 12.9. The van der Waals surface area contributed by atoms with Crippen LogP contribution in [-0.4, -0.2) is 28.0 Å². The largest absolute Gasteiger partial charge is 0.493 e. The van der Waals surface area contributed by atoms with Gasteiger partial charge in [-0.2, -0.15) is 0 Å². The zero-order chi connectivity index (χ0) is 16.3. The van der Waals surface area contributed by atoms with Gasteiger partial charge in [-0.25, -0.2) is 0 Å². The highest BCUT2D eigenvalue weighted by molar-refractivity contribution is 14.1. The number of alkyl halides is 1. The van der Waals surface area contributed by atoms with E-state index in [0.717, 1.165) is 42.3 Å². The standard InChI is InChI=1S/C19H25IO3/c20-11-5-10-19-14(6-4-9-18(19)22)12-17(21)16(19)13-23-15-7-2-1-3-8-15/h1-3,7-8,14,16-17,21H,4-6,9-13H2/t14-,16-,17-,19-/m0/s1.